The Labute approximate surface area is 79.0 Å². The van der Waals surface area contributed by atoms with E-state index in [9.17, 15) is 0 Å². The molecule has 2 heteroatoms. The van der Waals surface area contributed by atoms with E-state index in [2.05, 4.69) is 23.5 Å². The zero-order valence-corrected chi connectivity index (χ0v) is 7.61. The van der Waals surface area contributed by atoms with Crippen LogP contribution in [0.1, 0.15) is 11.6 Å². The van der Waals surface area contributed by atoms with E-state index in [4.69, 9.17) is 0 Å². The van der Waals surface area contributed by atoms with E-state index in [0.717, 1.165) is 12.1 Å². The van der Waals surface area contributed by atoms with E-state index >= 15 is 0 Å². The SMILES string of the molecule is C=CCNC(C=C)c1cccnc1. The minimum absolute atomic E-state index is 0.159. The van der Waals surface area contributed by atoms with Gasteiger partial charge in [-0.05, 0) is 11.6 Å². The first-order valence-electron chi connectivity index (χ1n) is 4.25. The molecule has 1 aromatic rings. The van der Waals surface area contributed by atoms with Gasteiger partial charge in [0.1, 0.15) is 0 Å². The van der Waals surface area contributed by atoms with Gasteiger partial charge in [-0.2, -0.15) is 0 Å². The van der Waals surface area contributed by atoms with Crippen LogP contribution < -0.4 is 5.32 Å². The van der Waals surface area contributed by atoms with Crippen molar-refractivity contribution in [3.8, 4) is 0 Å². The summed E-state index contributed by atoms with van der Waals surface area (Å²) in [5, 5.41) is 3.26. The third-order valence-corrected chi connectivity index (χ3v) is 1.76. The Morgan fingerprint density at radius 2 is 2.38 bits per heavy atom. The summed E-state index contributed by atoms with van der Waals surface area (Å²) >= 11 is 0. The molecule has 1 rings (SSSR count). The summed E-state index contributed by atoms with van der Waals surface area (Å²) in [5.41, 5.74) is 1.12. The second-order valence-electron chi connectivity index (χ2n) is 2.70. The molecule has 0 aliphatic carbocycles. The standard InChI is InChI=1S/C11H14N2/c1-3-7-13-11(4-2)10-6-5-8-12-9-10/h3-6,8-9,11,13H,1-2,7H2. The molecule has 1 atom stereocenters. The molecule has 0 fully saturated rings. The van der Waals surface area contributed by atoms with Gasteiger partial charge in [-0.25, -0.2) is 0 Å². The maximum Gasteiger partial charge on any atom is 0.0521 e. The molecule has 0 aliphatic rings. The zero-order valence-electron chi connectivity index (χ0n) is 7.61. The smallest absolute Gasteiger partial charge is 0.0521 e. The average molecular weight is 174 g/mol. The molecular weight excluding hydrogens is 160 g/mol. The van der Waals surface area contributed by atoms with Gasteiger partial charge in [-0.15, -0.1) is 13.2 Å². The molecule has 0 spiro atoms. The average Bonchev–Trinajstić information content (AvgIpc) is 2.21. The zero-order chi connectivity index (χ0) is 9.52. The summed E-state index contributed by atoms with van der Waals surface area (Å²) in [4.78, 5) is 4.05. The van der Waals surface area contributed by atoms with Crippen LogP contribution in [0.15, 0.2) is 49.8 Å². The molecular formula is C11H14N2. The fourth-order valence-corrected chi connectivity index (χ4v) is 1.11. The number of aromatic nitrogens is 1. The first-order chi connectivity index (χ1) is 6.38. The van der Waals surface area contributed by atoms with Crippen molar-refractivity contribution in [1.82, 2.24) is 10.3 Å². The molecule has 13 heavy (non-hydrogen) atoms. The highest BCUT2D eigenvalue weighted by Gasteiger charge is 2.03. The highest BCUT2D eigenvalue weighted by Crippen LogP contribution is 2.11. The van der Waals surface area contributed by atoms with Gasteiger partial charge in [0.2, 0.25) is 0 Å². The van der Waals surface area contributed by atoms with E-state index < -0.39 is 0 Å². The molecule has 1 N–H and O–H groups in total. The highest BCUT2D eigenvalue weighted by molar-refractivity contribution is 5.18. The fraction of sp³-hybridized carbons (Fsp3) is 0.182. The molecule has 0 aromatic carbocycles. The van der Waals surface area contributed by atoms with E-state index in [0.29, 0.717) is 0 Å². The van der Waals surface area contributed by atoms with E-state index in [1.54, 1.807) is 6.20 Å². The van der Waals surface area contributed by atoms with Crippen LogP contribution >= 0.6 is 0 Å². The van der Waals surface area contributed by atoms with E-state index in [1.807, 2.05) is 30.5 Å². The molecule has 68 valence electrons. The van der Waals surface area contributed by atoms with Crippen molar-refractivity contribution in [3.05, 3.63) is 55.4 Å². The molecule has 1 unspecified atom stereocenters. The van der Waals surface area contributed by atoms with Gasteiger partial charge in [0, 0.05) is 18.9 Å². The van der Waals surface area contributed by atoms with Gasteiger partial charge in [-0.1, -0.05) is 18.2 Å². The Balaban J connectivity index is 2.66. The minimum atomic E-state index is 0.159. The van der Waals surface area contributed by atoms with Gasteiger partial charge in [0.05, 0.1) is 6.04 Å². The van der Waals surface area contributed by atoms with Crippen LogP contribution in [0.3, 0.4) is 0 Å². The summed E-state index contributed by atoms with van der Waals surface area (Å²) in [6, 6.07) is 4.10. The lowest BCUT2D eigenvalue weighted by Gasteiger charge is -2.12. The molecule has 0 saturated carbocycles. The number of nitrogens with zero attached hydrogens (tertiary/aromatic N) is 1. The van der Waals surface area contributed by atoms with Crippen molar-refractivity contribution < 1.29 is 0 Å². The van der Waals surface area contributed by atoms with Crippen LogP contribution in [-0.2, 0) is 0 Å². The largest absolute Gasteiger partial charge is 0.303 e. The van der Waals surface area contributed by atoms with Gasteiger partial charge >= 0.3 is 0 Å². The highest BCUT2D eigenvalue weighted by atomic mass is 14.9. The molecule has 0 radical (unpaired) electrons. The van der Waals surface area contributed by atoms with E-state index in [1.165, 1.54) is 0 Å². The van der Waals surface area contributed by atoms with Gasteiger partial charge < -0.3 is 5.32 Å². The molecule has 1 aromatic heterocycles. The second kappa shape index (κ2) is 5.27. The van der Waals surface area contributed by atoms with Gasteiger partial charge in [0.15, 0.2) is 0 Å². The van der Waals surface area contributed by atoms with Crippen molar-refractivity contribution in [3.63, 3.8) is 0 Å². The summed E-state index contributed by atoms with van der Waals surface area (Å²) in [7, 11) is 0. The summed E-state index contributed by atoms with van der Waals surface area (Å²) in [6.07, 6.45) is 7.28. The van der Waals surface area contributed by atoms with Crippen LogP contribution in [0.25, 0.3) is 0 Å². The monoisotopic (exact) mass is 174 g/mol. The maximum atomic E-state index is 4.05. The topological polar surface area (TPSA) is 24.9 Å². The number of hydrogen-bond acceptors (Lipinski definition) is 2. The van der Waals surface area contributed by atoms with Crippen molar-refractivity contribution in [2.45, 2.75) is 6.04 Å². The summed E-state index contributed by atoms with van der Waals surface area (Å²) in [5.74, 6) is 0. The van der Waals surface area contributed by atoms with Crippen LogP contribution in [0.2, 0.25) is 0 Å². The Morgan fingerprint density at radius 1 is 1.54 bits per heavy atom. The predicted octanol–water partition coefficient (Wildman–Crippen LogP) is 2.08. The lowest BCUT2D eigenvalue weighted by molar-refractivity contribution is 0.671. The van der Waals surface area contributed by atoms with Crippen molar-refractivity contribution in [2.75, 3.05) is 6.54 Å². The van der Waals surface area contributed by atoms with Crippen molar-refractivity contribution in [2.24, 2.45) is 0 Å². The molecule has 2 nitrogen and oxygen atoms in total. The maximum absolute atomic E-state index is 4.05. The van der Waals surface area contributed by atoms with Crippen LogP contribution in [0.5, 0.6) is 0 Å². The minimum Gasteiger partial charge on any atom is -0.303 e. The van der Waals surface area contributed by atoms with Crippen molar-refractivity contribution >= 4 is 0 Å². The third-order valence-electron chi connectivity index (χ3n) is 1.76. The molecule has 0 amide bonds. The number of rotatable bonds is 5. The Bertz CT molecular complexity index is 267. The Hall–Kier alpha value is -1.41. The normalized spacial score (nSPS) is 12.0. The first-order valence-corrected chi connectivity index (χ1v) is 4.25. The van der Waals surface area contributed by atoms with Gasteiger partial charge in [-0.3, -0.25) is 4.98 Å². The Morgan fingerprint density at radius 3 is 2.92 bits per heavy atom. The second-order valence-corrected chi connectivity index (χ2v) is 2.70. The van der Waals surface area contributed by atoms with Crippen LogP contribution in [0, 0.1) is 0 Å². The van der Waals surface area contributed by atoms with Crippen LogP contribution in [0.4, 0.5) is 0 Å². The lowest BCUT2D eigenvalue weighted by atomic mass is 10.1. The quantitative estimate of drug-likeness (QED) is 0.691. The summed E-state index contributed by atoms with van der Waals surface area (Å²) in [6.45, 7) is 8.18. The summed E-state index contributed by atoms with van der Waals surface area (Å²) < 4.78 is 0. The Kier molecular flexibility index (Phi) is 3.93. The number of pyridine rings is 1. The first kappa shape index (κ1) is 9.68. The van der Waals surface area contributed by atoms with E-state index in [-0.39, 0.29) is 6.04 Å². The third kappa shape index (κ3) is 2.84. The number of hydrogen-bond donors (Lipinski definition) is 1. The molecule has 0 saturated heterocycles. The lowest BCUT2D eigenvalue weighted by Crippen LogP contribution is -2.19. The van der Waals surface area contributed by atoms with Crippen LogP contribution in [-0.4, -0.2) is 11.5 Å². The predicted molar refractivity (Wildman–Crippen MR) is 55.4 cm³/mol. The van der Waals surface area contributed by atoms with Crippen molar-refractivity contribution in [1.29, 1.82) is 0 Å². The molecule has 0 aliphatic heterocycles. The molecule has 0 bridgehead atoms. The van der Waals surface area contributed by atoms with Gasteiger partial charge in [0.25, 0.3) is 0 Å². The molecule has 1 heterocycles. The number of nitrogens with one attached hydrogen (secondary N) is 1. The fourth-order valence-electron chi connectivity index (χ4n) is 1.11.